The second kappa shape index (κ2) is 9.48. The van der Waals surface area contributed by atoms with Crippen LogP contribution in [0.25, 0.3) is 0 Å². The molecule has 156 valence electrons. The van der Waals surface area contributed by atoms with E-state index in [2.05, 4.69) is 0 Å². The number of alkyl halides is 3. The maximum atomic E-state index is 13.7. The number of carbonyl (C=O) groups excluding carboxylic acids is 1. The molecule has 0 N–H and O–H groups in total. The van der Waals surface area contributed by atoms with Crippen molar-refractivity contribution in [3.05, 3.63) is 95.6 Å². The third-order valence-corrected chi connectivity index (χ3v) is 4.61. The number of benzene rings is 3. The molecule has 30 heavy (non-hydrogen) atoms. The maximum absolute atomic E-state index is 13.7. The van der Waals surface area contributed by atoms with Crippen LogP contribution in [0.3, 0.4) is 0 Å². The third-order valence-electron chi connectivity index (χ3n) is 4.61. The van der Waals surface area contributed by atoms with E-state index in [1.54, 1.807) is 6.07 Å². The highest BCUT2D eigenvalue weighted by Gasteiger charge is 2.43. The number of rotatable bonds is 8. The highest BCUT2D eigenvalue weighted by atomic mass is 19.4. The number of carbonyl (C=O) groups is 1. The molecule has 0 aliphatic heterocycles. The molecule has 1 unspecified atom stereocenters. The van der Waals surface area contributed by atoms with E-state index in [1.165, 1.54) is 42.5 Å². The molecular weight excluding hydrogens is 393 g/mol. The SMILES string of the molecule is CC(COc1ccc(C=O)cc1O[C@@H](c1ccccc1)C(F)(F)F)c1ccccc1. The van der Waals surface area contributed by atoms with E-state index < -0.39 is 12.3 Å². The number of hydrogen-bond acceptors (Lipinski definition) is 3. The van der Waals surface area contributed by atoms with Crippen molar-refractivity contribution in [2.24, 2.45) is 0 Å². The van der Waals surface area contributed by atoms with Crippen molar-refractivity contribution in [1.82, 2.24) is 0 Å². The van der Waals surface area contributed by atoms with Crippen LogP contribution in [0.1, 0.15) is 40.4 Å². The van der Waals surface area contributed by atoms with Crippen LogP contribution in [0.15, 0.2) is 78.9 Å². The third kappa shape index (κ3) is 5.41. The average Bonchev–Trinajstić information content (AvgIpc) is 2.76. The first-order chi connectivity index (χ1) is 14.4. The molecule has 0 bridgehead atoms. The molecule has 0 spiro atoms. The largest absolute Gasteiger partial charge is 0.489 e. The van der Waals surface area contributed by atoms with E-state index >= 15 is 0 Å². The van der Waals surface area contributed by atoms with Gasteiger partial charge in [-0.1, -0.05) is 67.6 Å². The molecule has 6 heteroatoms. The van der Waals surface area contributed by atoms with Crippen LogP contribution < -0.4 is 9.47 Å². The predicted octanol–water partition coefficient (Wildman–Crippen LogP) is 6.36. The lowest BCUT2D eigenvalue weighted by Crippen LogP contribution is -2.26. The van der Waals surface area contributed by atoms with Gasteiger partial charge in [0.1, 0.15) is 6.29 Å². The molecule has 3 aromatic rings. The fraction of sp³-hybridized carbons (Fsp3) is 0.208. The van der Waals surface area contributed by atoms with Gasteiger partial charge < -0.3 is 9.47 Å². The van der Waals surface area contributed by atoms with Crippen molar-refractivity contribution in [3.63, 3.8) is 0 Å². The summed E-state index contributed by atoms with van der Waals surface area (Å²) in [5.74, 6) is 0.0249. The molecule has 0 radical (unpaired) electrons. The normalized spacial score (nSPS) is 13.3. The van der Waals surface area contributed by atoms with Crippen molar-refractivity contribution in [2.75, 3.05) is 6.61 Å². The van der Waals surface area contributed by atoms with Gasteiger partial charge in [-0.25, -0.2) is 0 Å². The summed E-state index contributed by atoms with van der Waals surface area (Å²) >= 11 is 0. The Morgan fingerprint density at radius 1 is 0.867 bits per heavy atom. The predicted molar refractivity (Wildman–Crippen MR) is 108 cm³/mol. The molecule has 2 atom stereocenters. The molecule has 0 saturated heterocycles. The van der Waals surface area contributed by atoms with Gasteiger partial charge in [0.2, 0.25) is 6.10 Å². The molecule has 0 aromatic heterocycles. The Kier molecular flexibility index (Phi) is 6.77. The zero-order valence-corrected chi connectivity index (χ0v) is 16.3. The van der Waals surface area contributed by atoms with Gasteiger partial charge >= 0.3 is 6.18 Å². The Morgan fingerprint density at radius 2 is 1.47 bits per heavy atom. The van der Waals surface area contributed by atoms with Gasteiger partial charge in [0.05, 0.1) is 6.61 Å². The summed E-state index contributed by atoms with van der Waals surface area (Å²) in [6.07, 6.45) is -6.28. The van der Waals surface area contributed by atoms with Crippen LogP contribution in [-0.2, 0) is 0 Å². The zero-order valence-electron chi connectivity index (χ0n) is 16.3. The molecule has 0 saturated carbocycles. The van der Waals surface area contributed by atoms with E-state index in [1.807, 2.05) is 37.3 Å². The van der Waals surface area contributed by atoms with Crippen LogP contribution in [-0.4, -0.2) is 19.1 Å². The summed E-state index contributed by atoms with van der Waals surface area (Å²) < 4.78 is 52.3. The fourth-order valence-electron chi connectivity index (χ4n) is 2.98. The van der Waals surface area contributed by atoms with Crippen molar-refractivity contribution in [3.8, 4) is 11.5 Å². The van der Waals surface area contributed by atoms with Crippen LogP contribution in [0.2, 0.25) is 0 Å². The summed E-state index contributed by atoms with van der Waals surface area (Å²) in [4.78, 5) is 11.2. The summed E-state index contributed by atoms with van der Waals surface area (Å²) in [7, 11) is 0. The lowest BCUT2D eigenvalue weighted by Gasteiger charge is -2.24. The second-order valence-corrected chi connectivity index (χ2v) is 6.90. The van der Waals surface area contributed by atoms with Gasteiger partial charge in [0.15, 0.2) is 11.5 Å². The second-order valence-electron chi connectivity index (χ2n) is 6.90. The maximum Gasteiger partial charge on any atom is 0.429 e. The highest BCUT2D eigenvalue weighted by molar-refractivity contribution is 5.76. The van der Waals surface area contributed by atoms with Gasteiger partial charge in [0.25, 0.3) is 0 Å². The lowest BCUT2D eigenvalue weighted by molar-refractivity contribution is -0.198. The first-order valence-electron chi connectivity index (χ1n) is 9.43. The minimum absolute atomic E-state index is 0.0114. The molecule has 0 fully saturated rings. The number of aldehydes is 1. The smallest absolute Gasteiger partial charge is 0.429 e. The average molecular weight is 414 g/mol. The molecule has 0 aliphatic carbocycles. The van der Waals surface area contributed by atoms with Gasteiger partial charge in [0, 0.05) is 17.0 Å². The summed E-state index contributed by atoms with van der Waals surface area (Å²) in [6, 6.07) is 21.2. The zero-order chi connectivity index (χ0) is 21.6. The van der Waals surface area contributed by atoms with Crippen molar-refractivity contribution >= 4 is 6.29 Å². The summed E-state index contributed by atoms with van der Waals surface area (Å²) in [5.41, 5.74) is 1.20. The lowest BCUT2D eigenvalue weighted by atomic mass is 10.0. The topological polar surface area (TPSA) is 35.5 Å². The number of ether oxygens (including phenoxy) is 2. The molecule has 3 nitrogen and oxygen atoms in total. The van der Waals surface area contributed by atoms with Crippen LogP contribution >= 0.6 is 0 Å². The van der Waals surface area contributed by atoms with E-state index in [0.717, 1.165) is 5.56 Å². The minimum atomic E-state index is -4.65. The minimum Gasteiger partial charge on any atom is -0.489 e. The van der Waals surface area contributed by atoms with Gasteiger partial charge in [-0.05, 0) is 23.8 Å². The summed E-state index contributed by atoms with van der Waals surface area (Å²) in [6.45, 7) is 2.20. The number of halogens is 3. The van der Waals surface area contributed by atoms with E-state index in [9.17, 15) is 18.0 Å². The Balaban J connectivity index is 1.86. The molecule has 0 amide bonds. The van der Waals surface area contributed by atoms with Crippen molar-refractivity contribution in [1.29, 1.82) is 0 Å². The van der Waals surface area contributed by atoms with Crippen LogP contribution in [0.4, 0.5) is 13.2 Å². The molecule has 0 heterocycles. The monoisotopic (exact) mass is 414 g/mol. The number of hydrogen-bond donors (Lipinski definition) is 0. The Morgan fingerprint density at radius 3 is 2.03 bits per heavy atom. The summed E-state index contributed by atoms with van der Waals surface area (Å²) in [5, 5.41) is 0. The Labute approximate surface area is 173 Å². The van der Waals surface area contributed by atoms with Crippen LogP contribution in [0, 0.1) is 0 Å². The van der Waals surface area contributed by atoms with Crippen molar-refractivity contribution in [2.45, 2.75) is 25.1 Å². The first kappa shape index (κ1) is 21.4. The van der Waals surface area contributed by atoms with E-state index in [0.29, 0.717) is 6.29 Å². The van der Waals surface area contributed by atoms with Crippen molar-refractivity contribution < 1.29 is 27.4 Å². The molecule has 3 aromatic carbocycles. The first-order valence-corrected chi connectivity index (χ1v) is 9.43. The highest BCUT2D eigenvalue weighted by Crippen LogP contribution is 2.40. The van der Waals surface area contributed by atoms with Gasteiger partial charge in [-0.15, -0.1) is 0 Å². The van der Waals surface area contributed by atoms with E-state index in [4.69, 9.17) is 9.47 Å². The van der Waals surface area contributed by atoms with Gasteiger partial charge in [-0.3, -0.25) is 4.79 Å². The Bertz CT molecular complexity index is 956. The van der Waals surface area contributed by atoms with E-state index in [-0.39, 0.29) is 35.2 Å². The fourth-order valence-corrected chi connectivity index (χ4v) is 2.98. The molecular formula is C24H21F3O3. The van der Waals surface area contributed by atoms with Gasteiger partial charge in [-0.2, -0.15) is 13.2 Å². The molecule has 0 aliphatic rings. The Hall–Kier alpha value is -3.28. The van der Waals surface area contributed by atoms with Crippen LogP contribution in [0.5, 0.6) is 11.5 Å². The quantitative estimate of drug-likeness (QED) is 0.402. The molecule has 3 rings (SSSR count). The standard InChI is InChI=1S/C24H21F3O3/c1-17(19-8-4-2-5-9-19)16-29-21-13-12-18(15-28)14-22(21)30-23(24(25,26)27)20-10-6-3-7-11-20/h2-15,17,23H,16H2,1H3/t17?,23-/m0/s1.